The molecule has 2 heterocycles. The Kier molecular flexibility index (Phi) is 3.91. The number of aromatic nitrogens is 2. The van der Waals surface area contributed by atoms with Gasteiger partial charge in [0.25, 0.3) is 0 Å². The van der Waals surface area contributed by atoms with E-state index in [0.717, 1.165) is 17.6 Å². The fraction of sp³-hybridized carbons (Fsp3) is 0.267. The standard InChI is InChI=1S/C15H14Cl2N2S2/c1-15(2,13-4-3-5-21-13)8-19-12-7-10(17)9(16)6-11(12)18-14(19)20/h3-7H,8H2,1-2H3,(H,18,20). The summed E-state index contributed by atoms with van der Waals surface area (Å²) in [6.45, 7) is 5.22. The molecule has 0 unspecified atom stereocenters. The van der Waals surface area contributed by atoms with Gasteiger partial charge >= 0.3 is 0 Å². The van der Waals surface area contributed by atoms with Crippen LogP contribution in [0, 0.1) is 4.77 Å². The summed E-state index contributed by atoms with van der Waals surface area (Å²) in [5, 5.41) is 3.17. The number of nitrogens with one attached hydrogen (secondary N) is 1. The third kappa shape index (κ3) is 2.78. The minimum Gasteiger partial charge on any atom is -0.331 e. The number of hydrogen-bond donors (Lipinski definition) is 1. The van der Waals surface area contributed by atoms with Crippen LogP contribution in [-0.2, 0) is 12.0 Å². The molecule has 0 spiro atoms. The molecular weight excluding hydrogens is 343 g/mol. The molecule has 0 aliphatic heterocycles. The van der Waals surface area contributed by atoms with Crippen LogP contribution in [0.2, 0.25) is 10.0 Å². The molecule has 0 radical (unpaired) electrons. The lowest BCUT2D eigenvalue weighted by molar-refractivity contribution is 0.447. The number of nitrogens with zero attached hydrogens (tertiary/aromatic N) is 1. The van der Waals surface area contributed by atoms with Crippen molar-refractivity contribution in [2.75, 3.05) is 0 Å². The Morgan fingerprint density at radius 3 is 2.67 bits per heavy atom. The van der Waals surface area contributed by atoms with Gasteiger partial charge in [-0.3, -0.25) is 0 Å². The van der Waals surface area contributed by atoms with E-state index in [0.29, 0.717) is 14.8 Å². The molecule has 0 bridgehead atoms. The predicted octanol–water partition coefficient (Wildman–Crippen LogP) is 6.04. The highest BCUT2D eigenvalue weighted by Gasteiger charge is 2.24. The summed E-state index contributed by atoms with van der Waals surface area (Å²) in [5.74, 6) is 0. The monoisotopic (exact) mass is 356 g/mol. The van der Waals surface area contributed by atoms with Crippen LogP contribution in [-0.4, -0.2) is 9.55 Å². The molecule has 0 aliphatic carbocycles. The third-order valence-electron chi connectivity index (χ3n) is 3.56. The molecule has 110 valence electrons. The van der Waals surface area contributed by atoms with Crippen LogP contribution in [0.4, 0.5) is 0 Å². The third-order valence-corrected chi connectivity index (χ3v) is 5.84. The van der Waals surface area contributed by atoms with E-state index >= 15 is 0 Å². The molecule has 0 atom stereocenters. The lowest BCUT2D eigenvalue weighted by Gasteiger charge is -2.24. The minimum absolute atomic E-state index is 0.00632. The van der Waals surface area contributed by atoms with E-state index in [1.165, 1.54) is 4.88 Å². The van der Waals surface area contributed by atoms with E-state index in [4.69, 9.17) is 35.4 Å². The van der Waals surface area contributed by atoms with Crippen LogP contribution in [0.25, 0.3) is 11.0 Å². The average molecular weight is 357 g/mol. The number of aromatic amines is 1. The Labute approximate surface area is 142 Å². The maximum Gasteiger partial charge on any atom is 0.178 e. The predicted molar refractivity (Wildman–Crippen MR) is 94.5 cm³/mol. The molecule has 0 saturated heterocycles. The smallest absolute Gasteiger partial charge is 0.178 e. The summed E-state index contributed by atoms with van der Waals surface area (Å²) >= 11 is 19.4. The quantitative estimate of drug-likeness (QED) is 0.566. The number of fused-ring (bicyclic) bond motifs is 1. The van der Waals surface area contributed by atoms with Crippen molar-refractivity contribution in [3.63, 3.8) is 0 Å². The number of imidazole rings is 1. The second-order valence-corrected chi connectivity index (χ2v) is 7.81. The second-order valence-electron chi connectivity index (χ2n) is 5.66. The van der Waals surface area contributed by atoms with Gasteiger partial charge in [0, 0.05) is 16.8 Å². The molecule has 21 heavy (non-hydrogen) atoms. The molecule has 0 aliphatic rings. The molecule has 0 saturated carbocycles. The lowest BCUT2D eigenvalue weighted by Crippen LogP contribution is -2.23. The van der Waals surface area contributed by atoms with Gasteiger partial charge in [0.15, 0.2) is 4.77 Å². The van der Waals surface area contributed by atoms with Crippen LogP contribution in [0.1, 0.15) is 18.7 Å². The summed E-state index contributed by atoms with van der Waals surface area (Å²) in [5.41, 5.74) is 1.89. The molecule has 2 aromatic heterocycles. The van der Waals surface area contributed by atoms with Crippen molar-refractivity contribution < 1.29 is 0 Å². The lowest BCUT2D eigenvalue weighted by atomic mass is 9.91. The van der Waals surface area contributed by atoms with Crippen molar-refractivity contribution in [2.45, 2.75) is 25.8 Å². The minimum atomic E-state index is -0.00632. The highest BCUT2D eigenvalue weighted by molar-refractivity contribution is 7.71. The van der Waals surface area contributed by atoms with E-state index in [2.05, 4.69) is 40.9 Å². The summed E-state index contributed by atoms with van der Waals surface area (Å²) in [6, 6.07) is 7.93. The van der Waals surface area contributed by atoms with Crippen LogP contribution >= 0.6 is 46.8 Å². The number of halogens is 2. The molecule has 2 nitrogen and oxygen atoms in total. The molecule has 3 aromatic rings. The Bertz CT molecular complexity index is 845. The van der Waals surface area contributed by atoms with E-state index in [9.17, 15) is 0 Å². The first-order chi connectivity index (χ1) is 9.88. The normalized spacial score (nSPS) is 12.2. The number of thiophene rings is 1. The molecule has 0 amide bonds. The molecule has 0 fully saturated rings. The molecule has 1 aromatic carbocycles. The maximum absolute atomic E-state index is 6.15. The molecule has 1 N–H and O–H groups in total. The fourth-order valence-corrected chi connectivity index (χ4v) is 3.88. The zero-order valence-electron chi connectivity index (χ0n) is 11.6. The van der Waals surface area contributed by atoms with Gasteiger partial charge in [-0.15, -0.1) is 11.3 Å². The number of hydrogen-bond acceptors (Lipinski definition) is 2. The average Bonchev–Trinajstić information content (AvgIpc) is 3.02. The zero-order valence-corrected chi connectivity index (χ0v) is 14.8. The Hall–Kier alpha value is -0.810. The Balaban J connectivity index is 2.11. The van der Waals surface area contributed by atoms with Gasteiger partial charge < -0.3 is 9.55 Å². The highest BCUT2D eigenvalue weighted by atomic mass is 35.5. The number of H-pyrrole nitrogens is 1. The SMILES string of the molecule is CC(C)(Cn1c(=S)[nH]c2cc(Cl)c(Cl)cc21)c1cccs1. The fourth-order valence-electron chi connectivity index (χ4n) is 2.45. The molecule has 3 rings (SSSR count). The van der Waals surface area contributed by atoms with Gasteiger partial charge in [-0.1, -0.05) is 43.1 Å². The first-order valence-electron chi connectivity index (χ1n) is 6.50. The number of rotatable bonds is 3. The highest BCUT2D eigenvalue weighted by Crippen LogP contribution is 2.32. The van der Waals surface area contributed by atoms with E-state index < -0.39 is 0 Å². The summed E-state index contributed by atoms with van der Waals surface area (Å²) in [7, 11) is 0. The first-order valence-corrected chi connectivity index (χ1v) is 8.54. The molecule has 6 heteroatoms. The van der Waals surface area contributed by atoms with Gasteiger partial charge in [-0.05, 0) is 35.8 Å². The van der Waals surface area contributed by atoms with Crippen LogP contribution in [0.5, 0.6) is 0 Å². The van der Waals surface area contributed by atoms with Crippen molar-refractivity contribution in [1.29, 1.82) is 0 Å². The van der Waals surface area contributed by atoms with E-state index in [1.54, 1.807) is 11.3 Å². The van der Waals surface area contributed by atoms with Gasteiger partial charge in [0.05, 0.1) is 21.1 Å². The summed E-state index contributed by atoms with van der Waals surface area (Å²) < 4.78 is 2.78. The summed E-state index contributed by atoms with van der Waals surface area (Å²) in [4.78, 5) is 4.53. The van der Waals surface area contributed by atoms with Crippen molar-refractivity contribution in [2.24, 2.45) is 0 Å². The second kappa shape index (κ2) is 5.43. The maximum atomic E-state index is 6.15. The Morgan fingerprint density at radius 2 is 2.00 bits per heavy atom. The first kappa shape index (κ1) is 15.1. The number of benzene rings is 1. The van der Waals surface area contributed by atoms with Crippen molar-refractivity contribution in [1.82, 2.24) is 9.55 Å². The van der Waals surface area contributed by atoms with Gasteiger partial charge in [-0.2, -0.15) is 0 Å². The topological polar surface area (TPSA) is 20.7 Å². The van der Waals surface area contributed by atoms with E-state index in [1.807, 2.05) is 12.1 Å². The van der Waals surface area contributed by atoms with Gasteiger partial charge in [0.1, 0.15) is 0 Å². The van der Waals surface area contributed by atoms with Crippen LogP contribution < -0.4 is 0 Å². The molecular formula is C15H14Cl2N2S2. The van der Waals surface area contributed by atoms with Crippen molar-refractivity contribution in [3.05, 3.63) is 49.3 Å². The zero-order chi connectivity index (χ0) is 15.2. The Morgan fingerprint density at radius 1 is 1.29 bits per heavy atom. The summed E-state index contributed by atoms with van der Waals surface area (Å²) in [6.07, 6.45) is 0. The van der Waals surface area contributed by atoms with Crippen LogP contribution in [0.3, 0.4) is 0 Å². The van der Waals surface area contributed by atoms with E-state index in [-0.39, 0.29) is 5.41 Å². The van der Waals surface area contributed by atoms with Crippen LogP contribution in [0.15, 0.2) is 29.6 Å². The van der Waals surface area contributed by atoms with Crippen molar-refractivity contribution in [3.8, 4) is 0 Å². The van der Waals surface area contributed by atoms with Gasteiger partial charge in [-0.25, -0.2) is 0 Å². The largest absolute Gasteiger partial charge is 0.331 e. The van der Waals surface area contributed by atoms with Crippen molar-refractivity contribution >= 4 is 57.8 Å². The van der Waals surface area contributed by atoms with Gasteiger partial charge in [0.2, 0.25) is 0 Å².